The summed E-state index contributed by atoms with van der Waals surface area (Å²) in [6.45, 7) is 2.41. The number of carbonyl (C=O) groups is 2. The Hall–Kier alpha value is -1.84. The lowest BCUT2D eigenvalue weighted by Crippen LogP contribution is -2.39. The van der Waals surface area contributed by atoms with Crippen LogP contribution in [0, 0.1) is 5.92 Å². The summed E-state index contributed by atoms with van der Waals surface area (Å²) in [4.78, 5) is 25.9. The molecular weight excluding hydrogens is 242 g/mol. The van der Waals surface area contributed by atoms with E-state index in [-0.39, 0.29) is 17.7 Å². The summed E-state index contributed by atoms with van der Waals surface area (Å²) in [7, 11) is 1.58. The summed E-state index contributed by atoms with van der Waals surface area (Å²) in [6, 6.07) is 6.87. The van der Waals surface area contributed by atoms with Crippen molar-refractivity contribution in [2.24, 2.45) is 5.92 Å². The third-order valence-electron chi connectivity index (χ3n) is 3.54. The predicted octanol–water partition coefficient (Wildman–Crippen LogP) is 2.48. The standard InChI is InChI=1S/C15H19NO3/c1-11-5-3-4-10-16(14(11)17)15(18)12-6-8-13(19-2)9-7-12/h6-9,11H,3-5,10H2,1-2H3. The smallest absolute Gasteiger partial charge is 0.260 e. The Morgan fingerprint density at radius 2 is 1.95 bits per heavy atom. The summed E-state index contributed by atoms with van der Waals surface area (Å²) in [5, 5.41) is 0. The molecule has 0 saturated carbocycles. The van der Waals surface area contributed by atoms with Crippen LogP contribution in [0.1, 0.15) is 36.5 Å². The minimum atomic E-state index is -0.207. The van der Waals surface area contributed by atoms with Gasteiger partial charge < -0.3 is 4.74 Å². The molecule has 1 heterocycles. The molecule has 2 amide bonds. The second kappa shape index (κ2) is 5.87. The average Bonchev–Trinajstić information content (AvgIpc) is 2.61. The van der Waals surface area contributed by atoms with E-state index in [4.69, 9.17) is 4.74 Å². The number of rotatable bonds is 2. The van der Waals surface area contributed by atoms with Gasteiger partial charge >= 0.3 is 0 Å². The van der Waals surface area contributed by atoms with Crippen molar-refractivity contribution < 1.29 is 14.3 Å². The molecule has 0 radical (unpaired) electrons. The van der Waals surface area contributed by atoms with E-state index in [1.807, 2.05) is 6.92 Å². The van der Waals surface area contributed by atoms with Gasteiger partial charge in [0.15, 0.2) is 0 Å². The van der Waals surface area contributed by atoms with Gasteiger partial charge in [-0.05, 0) is 37.1 Å². The zero-order valence-corrected chi connectivity index (χ0v) is 11.4. The maximum atomic E-state index is 12.4. The number of nitrogens with zero attached hydrogens (tertiary/aromatic N) is 1. The molecule has 0 aliphatic carbocycles. The van der Waals surface area contributed by atoms with Crippen LogP contribution >= 0.6 is 0 Å². The van der Waals surface area contributed by atoms with Gasteiger partial charge in [0.1, 0.15) is 5.75 Å². The average molecular weight is 261 g/mol. The van der Waals surface area contributed by atoms with E-state index >= 15 is 0 Å². The molecule has 1 saturated heterocycles. The zero-order valence-electron chi connectivity index (χ0n) is 11.4. The first-order valence-corrected chi connectivity index (χ1v) is 6.63. The molecule has 19 heavy (non-hydrogen) atoms. The summed E-state index contributed by atoms with van der Waals surface area (Å²) in [5.41, 5.74) is 0.531. The highest BCUT2D eigenvalue weighted by Gasteiger charge is 2.28. The number of likely N-dealkylation sites (tertiary alicyclic amines) is 1. The van der Waals surface area contributed by atoms with Gasteiger partial charge in [-0.15, -0.1) is 0 Å². The highest BCUT2D eigenvalue weighted by Crippen LogP contribution is 2.20. The number of benzene rings is 1. The molecule has 1 unspecified atom stereocenters. The Morgan fingerprint density at radius 1 is 1.26 bits per heavy atom. The van der Waals surface area contributed by atoms with Crippen molar-refractivity contribution in [1.82, 2.24) is 4.90 Å². The number of carbonyl (C=O) groups excluding carboxylic acids is 2. The fraction of sp³-hybridized carbons (Fsp3) is 0.467. The Morgan fingerprint density at radius 3 is 2.58 bits per heavy atom. The van der Waals surface area contributed by atoms with Crippen LogP contribution in [0.3, 0.4) is 0 Å². The van der Waals surface area contributed by atoms with Gasteiger partial charge in [0, 0.05) is 18.0 Å². The van der Waals surface area contributed by atoms with Gasteiger partial charge in [0.2, 0.25) is 5.91 Å². The maximum absolute atomic E-state index is 12.4. The minimum Gasteiger partial charge on any atom is -0.497 e. The quantitative estimate of drug-likeness (QED) is 0.768. The monoisotopic (exact) mass is 261 g/mol. The van der Waals surface area contributed by atoms with Crippen molar-refractivity contribution in [3.05, 3.63) is 29.8 Å². The fourth-order valence-corrected chi connectivity index (χ4v) is 2.31. The maximum Gasteiger partial charge on any atom is 0.260 e. The predicted molar refractivity (Wildman–Crippen MR) is 72.1 cm³/mol. The van der Waals surface area contributed by atoms with Gasteiger partial charge in [0.25, 0.3) is 5.91 Å². The highest BCUT2D eigenvalue weighted by atomic mass is 16.5. The first kappa shape index (κ1) is 13.6. The highest BCUT2D eigenvalue weighted by molar-refractivity contribution is 6.05. The first-order valence-electron chi connectivity index (χ1n) is 6.63. The number of amides is 2. The van der Waals surface area contributed by atoms with E-state index in [2.05, 4.69) is 0 Å². The first-order chi connectivity index (χ1) is 9.13. The normalized spacial score (nSPS) is 20.0. The van der Waals surface area contributed by atoms with Crippen LogP contribution in [0.25, 0.3) is 0 Å². The van der Waals surface area contributed by atoms with Crippen LogP contribution in [-0.2, 0) is 4.79 Å². The second-order valence-electron chi connectivity index (χ2n) is 4.92. The third kappa shape index (κ3) is 2.95. The molecular formula is C15H19NO3. The molecule has 0 aromatic heterocycles. The molecule has 4 nitrogen and oxygen atoms in total. The van der Waals surface area contributed by atoms with E-state index in [1.165, 1.54) is 4.90 Å². The molecule has 0 spiro atoms. The molecule has 0 N–H and O–H groups in total. The topological polar surface area (TPSA) is 46.6 Å². The van der Waals surface area contributed by atoms with Crippen molar-refractivity contribution >= 4 is 11.8 Å². The van der Waals surface area contributed by atoms with Crippen molar-refractivity contribution in [3.8, 4) is 5.75 Å². The number of hydrogen-bond donors (Lipinski definition) is 0. The van der Waals surface area contributed by atoms with Crippen LogP contribution in [-0.4, -0.2) is 30.4 Å². The Kier molecular flexibility index (Phi) is 4.20. The number of hydrogen-bond acceptors (Lipinski definition) is 3. The van der Waals surface area contributed by atoms with Gasteiger partial charge in [-0.2, -0.15) is 0 Å². The minimum absolute atomic E-state index is 0.0571. The lowest BCUT2D eigenvalue weighted by Gasteiger charge is -2.21. The lowest BCUT2D eigenvalue weighted by atomic mass is 10.1. The van der Waals surface area contributed by atoms with E-state index in [0.29, 0.717) is 17.9 Å². The number of methoxy groups -OCH3 is 1. The molecule has 4 heteroatoms. The zero-order chi connectivity index (χ0) is 13.8. The van der Waals surface area contributed by atoms with E-state index < -0.39 is 0 Å². The summed E-state index contributed by atoms with van der Waals surface area (Å²) < 4.78 is 5.06. The van der Waals surface area contributed by atoms with Crippen LogP contribution in [0.2, 0.25) is 0 Å². The third-order valence-corrected chi connectivity index (χ3v) is 3.54. The van der Waals surface area contributed by atoms with E-state index in [9.17, 15) is 9.59 Å². The van der Waals surface area contributed by atoms with Gasteiger partial charge in [-0.1, -0.05) is 13.3 Å². The summed E-state index contributed by atoms with van der Waals surface area (Å²) in [6.07, 6.45) is 2.75. The van der Waals surface area contributed by atoms with E-state index in [1.54, 1.807) is 31.4 Å². The van der Waals surface area contributed by atoms with Crippen molar-refractivity contribution in [2.75, 3.05) is 13.7 Å². The Labute approximate surface area is 113 Å². The fourth-order valence-electron chi connectivity index (χ4n) is 2.31. The van der Waals surface area contributed by atoms with Crippen LogP contribution < -0.4 is 4.74 Å². The second-order valence-corrected chi connectivity index (χ2v) is 4.92. The molecule has 2 rings (SSSR count). The molecule has 1 atom stereocenters. The van der Waals surface area contributed by atoms with Gasteiger partial charge in [-0.3, -0.25) is 14.5 Å². The largest absolute Gasteiger partial charge is 0.497 e. The molecule has 0 bridgehead atoms. The molecule has 1 aliphatic rings. The number of imide groups is 1. The van der Waals surface area contributed by atoms with Crippen LogP contribution in [0.4, 0.5) is 0 Å². The summed E-state index contributed by atoms with van der Waals surface area (Å²) in [5.74, 6) is 0.372. The van der Waals surface area contributed by atoms with E-state index in [0.717, 1.165) is 19.3 Å². The molecule has 1 aromatic carbocycles. The molecule has 102 valence electrons. The van der Waals surface area contributed by atoms with Crippen LogP contribution in [0.5, 0.6) is 5.75 Å². The summed E-state index contributed by atoms with van der Waals surface area (Å²) >= 11 is 0. The van der Waals surface area contributed by atoms with Gasteiger partial charge in [0.05, 0.1) is 7.11 Å². The Balaban J connectivity index is 2.19. The molecule has 1 fully saturated rings. The SMILES string of the molecule is COc1ccc(C(=O)N2CCCCC(C)C2=O)cc1. The lowest BCUT2D eigenvalue weighted by molar-refractivity contribution is -0.131. The van der Waals surface area contributed by atoms with Crippen molar-refractivity contribution in [3.63, 3.8) is 0 Å². The van der Waals surface area contributed by atoms with Gasteiger partial charge in [-0.25, -0.2) is 0 Å². The van der Waals surface area contributed by atoms with Crippen LogP contribution in [0.15, 0.2) is 24.3 Å². The Bertz CT molecular complexity index is 467. The van der Waals surface area contributed by atoms with Crippen molar-refractivity contribution in [2.45, 2.75) is 26.2 Å². The van der Waals surface area contributed by atoms with Crippen molar-refractivity contribution in [1.29, 1.82) is 0 Å². The molecule has 1 aromatic rings. The number of ether oxygens (including phenoxy) is 1. The molecule has 1 aliphatic heterocycles.